The monoisotopic (exact) mass is 405 g/mol. The molecule has 0 aliphatic rings. The van der Waals surface area contributed by atoms with E-state index in [0.29, 0.717) is 33.5 Å². The van der Waals surface area contributed by atoms with E-state index in [-0.39, 0.29) is 0 Å². The summed E-state index contributed by atoms with van der Waals surface area (Å²) in [4.78, 5) is 23.8. The van der Waals surface area contributed by atoms with Gasteiger partial charge in [-0.05, 0) is 24.3 Å². The van der Waals surface area contributed by atoms with Crippen molar-refractivity contribution in [3.63, 3.8) is 0 Å². The number of anilines is 1. The van der Waals surface area contributed by atoms with Gasteiger partial charge in [-0.3, -0.25) is 9.59 Å². The van der Waals surface area contributed by atoms with Crippen molar-refractivity contribution >= 4 is 35.3 Å². The van der Waals surface area contributed by atoms with Crippen LogP contribution in [0.3, 0.4) is 0 Å². The van der Waals surface area contributed by atoms with Crippen molar-refractivity contribution < 1.29 is 23.8 Å². The second-order valence-corrected chi connectivity index (χ2v) is 5.86. The van der Waals surface area contributed by atoms with E-state index in [1.54, 1.807) is 36.4 Å². The molecule has 2 aromatic rings. The molecule has 0 radical (unpaired) electrons. The number of carbonyl (C=O) groups is 2. The molecule has 0 saturated heterocycles. The van der Waals surface area contributed by atoms with E-state index in [1.807, 2.05) is 0 Å². The van der Waals surface area contributed by atoms with Gasteiger partial charge in [-0.1, -0.05) is 23.7 Å². The van der Waals surface area contributed by atoms with Gasteiger partial charge in [0.25, 0.3) is 0 Å². The number of hydrogen-bond donors (Lipinski definition) is 2. The number of para-hydroxylation sites is 1. The van der Waals surface area contributed by atoms with E-state index in [4.69, 9.17) is 25.8 Å². The smallest absolute Gasteiger partial charge is 0.249 e. The maximum Gasteiger partial charge on any atom is 0.249 e. The number of carbonyl (C=O) groups excluding carboxylic acids is 2. The lowest BCUT2D eigenvalue weighted by molar-refractivity contribution is -0.126. The first-order chi connectivity index (χ1) is 13.5. The summed E-state index contributed by atoms with van der Waals surface area (Å²) in [5.41, 5.74) is 3.33. The van der Waals surface area contributed by atoms with Gasteiger partial charge in [-0.15, -0.1) is 0 Å². The molecule has 0 aromatic heterocycles. The first-order valence-corrected chi connectivity index (χ1v) is 8.52. The molecule has 0 aliphatic carbocycles. The summed E-state index contributed by atoms with van der Waals surface area (Å²) < 4.78 is 15.7. The number of nitrogens with one attached hydrogen (secondary N) is 2. The van der Waals surface area contributed by atoms with E-state index in [9.17, 15) is 9.59 Å². The van der Waals surface area contributed by atoms with Crippen molar-refractivity contribution in [2.24, 2.45) is 5.10 Å². The van der Waals surface area contributed by atoms with Crippen LogP contribution in [0, 0.1) is 0 Å². The molecule has 0 unspecified atom stereocenters. The van der Waals surface area contributed by atoms with Gasteiger partial charge in [-0.2, -0.15) is 5.10 Å². The maximum absolute atomic E-state index is 11.9. The fraction of sp³-hybridized carbons (Fsp3) is 0.211. The maximum atomic E-state index is 11.9. The lowest BCUT2D eigenvalue weighted by Crippen LogP contribution is -2.24. The van der Waals surface area contributed by atoms with E-state index < -0.39 is 18.2 Å². The lowest BCUT2D eigenvalue weighted by Gasteiger charge is -2.12. The summed E-state index contributed by atoms with van der Waals surface area (Å²) in [6.07, 6.45) is 0.992. The number of benzene rings is 2. The van der Waals surface area contributed by atoms with Crippen molar-refractivity contribution in [2.45, 2.75) is 6.42 Å². The highest BCUT2D eigenvalue weighted by Crippen LogP contribution is 2.37. The zero-order chi connectivity index (χ0) is 20.5. The zero-order valence-corrected chi connectivity index (χ0v) is 16.4. The molecule has 0 bridgehead atoms. The van der Waals surface area contributed by atoms with E-state index in [0.717, 1.165) is 0 Å². The van der Waals surface area contributed by atoms with Gasteiger partial charge in [0, 0.05) is 5.56 Å². The Labute approximate surface area is 167 Å². The van der Waals surface area contributed by atoms with Crippen LogP contribution in [0.2, 0.25) is 5.02 Å². The molecule has 8 nitrogen and oxygen atoms in total. The predicted molar refractivity (Wildman–Crippen MR) is 107 cm³/mol. The summed E-state index contributed by atoms with van der Waals surface area (Å²) in [7, 11) is 4.50. The Bertz CT molecular complexity index is 861. The molecule has 0 heterocycles. The van der Waals surface area contributed by atoms with E-state index >= 15 is 0 Å². The topological polar surface area (TPSA) is 98.2 Å². The average Bonchev–Trinajstić information content (AvgIpc) is 2.68. The molecule has 0 saturated carbocycles. The number of amides is 2. The Kier molecular flexibility index (Phi) is 7.65. The molecule has 148 valence electrons. The number of halogens is 1. The Morgan fingerprint density at radius 2 is 1.68 bits per heavy atom. The SMILES string of the molecule is COc1cc(C=NNC(=O)CC(=O)Nc2ccccc2Cl)cc(OC)c1OC. The molecule has 0 spiro atoms. The number of hydrazone groups is 1. The van der Waals surface area contributed by atoms with Crippen LogP contribution < -0.4 is 25.0 Å². The average molecular weight is 406 g/mol. The first-order valence-electron chi connectivity index (χ1n) is 8.14. The fourth-order valence-corrected chi connectivity index (χ4v) is 2.48. The number of methoxy groups -OCH3 is 3. The van der Waals surface area contributed by atoms with Crippen LogP contribution in [-0.2, 0) is 9.59 Å². The van der Waals surface area contributed by atoms with Crippen LogP contribution in [0.1, 0.15) is 12.0 Å². The molecule has 2 N–H and O–H groups in total. The Hall–Kier alpha value is -3.26. The van der Waals surface area contributed by atoms with Crippen molar-refractivity contribution in [3.05, 3.63) is 47.0 Å². The van der Waals surface area contributed by atoms with Gasteiger partial charge in [-0.25, -0.2) is 5.43 Å². The molecule has 0 aliphatic heterocycles. The largest absolute Gasteiger partial charge is 0.493 e. The lowest BCUT2D eigenvalue weighted by atomic mass is 10.2. The predicted octanol–water partition coefficient (Wildman–Crippen LogP) is 2.84. The minimum atomic E-state index is -0.576. The van der Waals surface area contributed by atoms with Gasteiger partial charge in [0.05, 0.1) is 38.3 Å². The molecule has 9 heteroatoms. The van der Waals surface area contributed by atoms with Crippen LogP contribution in [0.4, 0.5) is 5.69 Å². The molecule has 2 aromatic carbocycles. The second kappa shape index (κ2) is 10.2. The third kappa shape index (κ3) is 5.62. The van der Waals surface area contributed by atoms with Crippen molar-refractivity contribution in [1.29, 1.82) is 0 Å². The Morgan fingerprint density at radius 3 is 2.25 bits per heavy atom. The number of ether oxygens (including phenoxy) is 3. The third-order valence-electron chi connectivity index (χ3n) is 3.56. The van der Waals surface area contributed by atoms with Crippen molar-refractivity contribution in [1.82, 2.24) is 5.43 Å². The number of nitrogens with zero attached hydrogens (tertiary/aromatic N) is 1. The van der Waals surface area contributed by atoms with E-state index in [1.165, 1.54) is 27.5 Å². The molecule has 2 amide bonds. The Balaban J connectivity index is 1.96. The van der Waals surface area contributed by atoms with Gasteiger partial charge < -0.3 is 19.5 Å². The highest BCUT2D eigenvalue weighted by Gasteiger charge is 2.13. The standard InChI is InChI=1S/C19H20ClN3O5/c1-26-15-8-12(9-16(27-2)19(15)28-3)11-21-23-18(25)10-17(24)22-14-7-5-4-6-13(14)20/h4-9,11H,10H2,1-3H3,(H,22,24)(H,23,25). The van der Waals surface area contributed by atoms with E-state index in [2.05, 4.69) is 15.8 Å². The highest BCUT2D eigenvalue weighted by molar-refractivity contribution is 6.33. The molecule has 2 rings (SSSR count). The summed E-state index contributed by atoms with van der Waals surface area (Å²) in [5.74, 6) is 0.270. The Morgan fingerprint density at radius 1 is 1.04 bits per heavy atom. The van der Waals surface area contributed by atoms with Crippen LogP contribution in [0.5, 0.6) is 17.2 Å². The fourth-order valence-electron chi connectivity index (χ4n) is 2.30. The molecular weight excluding hydrogens is 386 g/mol. The minimum absolute atomic E-state index is 0.386. The van der Waals surface area contributed by atoms with Gasteiger partial charge in [0.1, 0.15) is 6.42 Å². The molecule has 28 heavy (non-hydrogen) atoms. The minimum Gasteiger partial charge on any atom is -0.493 e. The number of hydrogen-bond acceptors (Lipinski definition) is 6. The summed E-state index contributed by atoms with van der Waals surface area (Å²) in [5, 5.41) is 6.79. The summed E-state index contributed by atoms with van der Waals surface area (Å²) >= 11 is 5.96. The number of rotatable bonds is 8. The van der Waals surface area contributed by atoms with Crippen molar-refractivity contribution in [3.8, 4) is 17.2 Å². The normalized spacial score (nSPS) is 10.4. The van der Waals surface area contributed by atoms with Crippen molar-refractivity contribution in [2.75, 3.05) is 26.6 Å². The highest BCUT2D eigenvalue weighted by atomic mass is 35.5. The zero-order valence-electron chi connectivity index (χ0n) is 15.6. The quantitative estimate of drug-likeness (QED) is 0.400. The van der Waals surface area contributed by atoms with Gasteiger partial charge in [0.15, 0.2) is 11.5 Å². The van der Waals surface area contributed by atoms with Crippen LogP contribution >= 0.6 is 11.6 Å². The molecule has 0 atom stereocenters. The van der Waals surface area contributed by atoms with Crippen LogP contribution in [0.25, 0.3) is 0 Å². The van der Waals surface area contributed by atoms with Crippen LogP contribution in [0.15, 0.2) is 41.5 Å². The van der Waals surface area contributed by atoms with Gasteiger partial charge >= 0.3 is 0 Å². The molecule has 0 fully saturated rings. The molecular formula is C19H20ClN3O5. The third-order valence-corrected chi connectivity index (χ3v) is 3.89. The second-order valence-electron chi connectivity index (χ2n) is 5.46. The summed E-state index contributed by atoms with van der Waals surface area (Å²) in [6, 6.07) is 10.1. The first kappa shape index (κ1) is 21.0. The van der Waals surface area contributed by atoms with Crippen LogP contribution in [-0.4, -0.2) is 39.4 Å². The van der Waals surface area contributed by atoms with Gasteiger partial charge in [0.2, 0.25) is 17.6 Å². The summed E-state index contributed by atoms with van der Waals surface area (Å²) in [6.45, 7) is 0.